The molecule has 1 fully saturated rings. The maximum Gasteiger partial charge on any atom is 0.0897 e. The fourth-order valence-corrected chi connectivity index (χ4v) is 2.80. The first kappa shape index (κ1) is 11.3. The predicted molar refractivity (Wildman–Crippen MR) is 56.1 cm³/mol. The second kappa shape index (κ2) is 4.64. The van der Waals surface area contributed by atoms with E-state index in [-0.39, 0.29) is 11.4 Å². The molecule has 0 aromatic heterocycles. The molecule has 1 aliphatic rings. The SMILES string of the molecule is CC1(C)CN(CC(O)CO)CCS1. The molecule has 0 bridgehead atoms. The third kappa shape index (κ3) is 3.85. The van der Waals surface area contributed by atoms with Gasteiger partial charge in [0.2, 0.25) is 0 Å². The summed E-state index contributed by atoms with van der Waals surface area (Å²) in [7, 11) is 0. The lowest BCUT2D eigenvalue weighted by atomic mass is 10.1. The van der Waals surface area contributed by atoms with Crippen molar-refractivity contribution >= 4 is 11.8 Å². The summed E-state index contributed by atoms with van der Waals surface area (Å²) in [5, 5.41) is 18.0. The first-order chi connectivity index (χ1) is 6.03. The van der Waals surface area contributed by atoms with Gasteiger partial charge in [0.25, 0.3) is 0 Å². The van der Waals surface area contributed by atoms with Crippen LogP contribution in [0.1, 0.15) is 13.8 Å². The van der Waals surface area contributed by atoms with Gasteiger partial charge in [-0.2, -0.15) is 11.8 Å². The Morgan fingerprint density at radius 3 is 2.77 bits per heavy atom. The van der Waals surface area contributed by atoms with Gasteiger partial charge in [-0.15, -0.1) is 0 Å². The summed E-state index contributed by atoms with van der Waals surface area (Å²) in [6, 6.07) is 0. The Labute approximate surface area is 84.1 Å². The van der Waals surface area contributed by atoms with Crippen LogP contribution < -0.4 is 0 Å². The van der Waals surface area contributed by atoms with Crippen LogP contribution >= 0.6 is 11.8 Å². The molecule has 0 aliphatic carbocycles. The van der Waals surface area contributed by atoms with E-state index in [1.807, 2.05) is 11.8 Å². The number of hydrogen-bond donors (Lipinski definition) is 2. The number of hydrogen-bond acceptors (Lipinski definition) is 4. The van der Waals surface area contributed by atoms with Crippen molar-refractivity contribution in [2.24, 2.45) is 0 Å². The second-order valence-electron chi connectivity index (χ2n) is 4.18. The van der Waals surface area contributed by atoms with Crippen LogP contribution in [0, 0.1) is 0 Å². The van der Waals surface area contributed by atoms with Crippen molar-refractivity contribution < 1.29 is 10.2 Å². The Morgan fingerprint density at radius 1 is 1.54 bits per heavy atom. The van der Waals surface area contributed by atoms with Crippen LogP contribution in [0.3, 0.4) is 0 Å². The van der Waals surface area contributed by atoms with Crippen molar-refractivity contribution in [2.75, 3.05) is 32.0 Å². The van der Waals surface area contributed by atoms with E-state index in [2.05, 4.69) is 18.7 Å². The summed E-state index contributed by atoms with van der Waals surface area (Å²) in [6.45, 7) is 6.91. The molecule has 0 aromatic carbocycles. The fourth-order valence-electron chi connectivity index (χ4n) is 1.63. The number of aliphatic hydroxyl groups excluding tert-OH is 2. The Hall–Kier alpha value is 0.230. The molecular formula is C9H19NO2S. The summed E-state index contributed by atoms with van der Waals surface area (Å²) < 4.78 is 0.285. The van der Waals surface area contributed by atoms with Gasteiger partial charge in [-0.25, -0.2) is 0 Å². The van der Waals surface area contributed by atoms with Gasteiger partial charge in [-0.1, -0.05) is 0 Å². The van der Waals surface area contributed by atoms with Gasteiger partial charge >= 0.3 is 0 Å². The van der Waals surface area contributed by atoms with E-state index >= 15 is 0 Å². The average molecular weight is 205 g/mol. The van der Waals surface area contributed by atoms with Crippen LogP contribution in [0.15, 0.2) is 0 Å². The van der Waals surface area contributed by atoms with E-state index in [1.165, 1.54) is 0 Å². The molecule has 0 saturated carbocycles. The predicted octanol–water partition coefficient (Wildman–Crippen LogP) is 0.167. The molecule has 1 rings (SSSR count). The average Bonchev–Trinajstić information content (AvgIpc) is 2.02. The number of nitrogens with zero attached hydrogens (tertiary/aromatic N) is 1. The number of β-amino-alcohol motifs (C(OH)–C–C–N with tert-alkyl or cyclic N) is 1. The zero-order valence-electron chi connectivity index (χ0n) is 8.36. The first-order valence-corrected chi connectivity index (χ1v) is 5.67. The van der Waals surface area contributed by atoms with E-state index in [9.17, 15) is 5.11 Å². The van der Waals surface area contributed by atoms with Gasteiger partial charge in [-0.05, 0) is 13.8 Å². The van der Waals surface area contributed by atoms with Gasteiger partial charge in [0.15, 0.2) is 0 Å². The maximum atomic E-state index is 9.28. The number of aliphatic hydroxyl groups is 2. The number of rotatable bonds is 3. The molecule has 1 saturated heterocycles. The molecule has 1 aliphatic heterocycles. The van der Waals surface area contributed by atoms with Crippen LogP contribution in [0.5, 0.6) is 0 Å². The summed E-state index contributed by atoms with van der Waals surface area (Å²) >= 11 is 1.97. The van der Waals surface area contributed by atoms with Crippen molar-refractivity contribution in [3.05, 3.63) is 0 Å². The van der Waals surface area contributed by atoms with Crippen molar-refractivity contribution in [1.29, 1.82) is 0 Å². The first-order valence-electron chi connectivity index (χ1n) is 4.69. The minimum Gasteiger partial charge on any atom is -0.394 e. The van der Waals surface area contributed by atoms with Gasteiger partial charge in [0.1, 0.15) is 0 Å². The molecule has 0 spiro atoms. The van der Waals surface area contributed by atoms with Gasteiger partial charge in [0, 0.05) is 30.1 Å². The lowest BCUT2D eigenvalue weighted by Gasteiger charge is -2.38. The van der Waals surface area contributed by atoms with Crippen LogP contribution in [-0.4, -0.2) is 58.0 Å². The molecule has 0 aromatic rings. The Bertz CT molecular complexity index is 164. The molecule has 0 radical (unpaired) electrons. The largest absolute Gasteiger partial charge is 0.394 e. The molecule has 3 nitrogen and oxygen atoms in total. The molecule has 0 amide bonds. The van der Waals surface area contributed by atoms with E-state index in [0.29, 0.717) is 6.54 Å². The standard InChI is InChI=1S/C9H19NO2S/c1-9(2)7-10(3-4-13-9)5-8(12)6-11/h8,11-12H,3-7H2,1-2H3. The van der Waals surface area contributed by atoms with Crippen molar-refractivity contribution in [3.63, 3.8) is 0 Å². The van der Waals surface area contributed by atoms with E-state index in [1.54, 1.807) is 0 Å². The highest BCUT2D eigenvalue weighted by Gasteiger charge is 2.27. The van der Waals surface area contributed by atoms with Gasteiger partial charge in [0.05, 0.1) is 12.7 Å². The minimum absolute atomic E-state index is 0.135. The molecule has 4 heteroatoms. The topological polar surface area (TPSA) is 43.7 Å². The molecule has 78 valence electrons. The third-order valence-corrected chi connectivity index (χ3v) is 3.48. The van der Waals surface area contributed by atoms with Gasteiger partial charge in [-0.3, -0.25) is 4.90 Å². The third-order valence-electron chi connectivity index (χ3n) is 2.18. The van der Waals surface area contributed by atoms with Crippen molar-refractivity contribution in [2.45, 2.75) is 24.7 Å². The summed E-state index contributed by atoms with van der Waals surface area (Å²) in [5.41, 5.74) is 0. The van der Waals surface area contributed by atoms with Crippen LogP contribution in [0.2, 0.25) is 0 Å². The Balaban J connectivity index is 2.34. The normalized spacial score (nSPS) is 25.8. The molecule has 2 N–H and O–H groups in total. The maximum absolute atomic E-state index is 9.28. The van der Waals surface area contributed by atoms with Crippen molar-refractivity contribution in [1.82, 2.24) is 4.90 Å². The fraction of sp³-hybridized carbons (Fsp3) is 1.00. The molecular weight excluding hydrogens is 186 g/mol. The molecule has 1 atom stereocenters. The highest BCUT2D eigenvalue weighted by Crippen LogP contribution is 2.29. The summed E-state index contributed by atoms with van der Waals surface area (Å²) in [6.07, 6.45) is -0.584. The molecule has 13 heavy (non-hydrogen) atoms. The van der Waals surface area contributed by atoms with E-state index in [4.69, 9.17) is 5.11 Å². The number of thioether (sulfide) groups is 1. The smallest absolute Gasteiger partial charge is 0.0897 e. The minimum atomic E-state index is -0.584. The summed E-state index contributed by atoms with van der Waals surface area (Å²) in [5.74, 6) is 1.12. The lowest BCUT2D eigenvalue weighted by Crippen LogP contribution is -2.46. The zero-order chi connectivity index (χ0) is 9.90. The second-order valence-corrected chi connectivity index (χ2v) is 5.98. The van der Waals surface area contributed by atoms with Gasteiger partial charge < -0.3 is 10.2 Å². The highest BCUT2D eigenvalue weighted by molar-refractivity contribution is 8.00. The summed E-state index contributed by atoms with van der Waals surface area (Å²) in [4.78, 5) is 2.22. The monoisotopic (exact) mass is 205 g/mol. The highest BCUT2D eigenvalue weighted by atomic mass is 32.2. The zero-order valence-corrected chi connectivity index (χ0v) is 9.18. The van der Waals surface area contributed by atoms with Crippen LogP contribution in [0.4, 0.5) is 0 Å². The quantitative estimate of drug-likeness (QED) is 0.689. The Morgan fingerprint density at radius 2 is 2.23 bits per heavy atom. The Kier molecular flexibility index (Phi) is 4.04. The van der Waals surface area contributed by atoms with Crippen LogP contribution in [0.25, 0.3) is 0 Å². The molecule has 1 unspecified atom stereocenters. The lowest BCUT2D eigenvalue weighted by molar-refractivity contribution is 0.0578. The van der Waals surface area contributed by atoms with Crippen molar-refractivity contribution in [3.8, 4) is 0 Å². The van der Waals surface area contributed by atoms with E-state index in [0.717, 1.165) is 18.8 Å². The van der Waals surface area contributed by atoms with Crippen LogP contribution in [-0.2, 0) is 0 Å². The molecule has 1 heterocycles. The van der Waals surface area contributed by atoms with E-state index < -0.39 is 6.10 Å².